The van der Waals surface area contributed by atoms with Gasteiger partial charge in [0.2, 0.25) is 5.91 Å². The Kier molecular flexibility index (Phi) is 8.27. The molecule has 1 rings (SSSR count). The molecule has 1 saturated heterocycles. The molecule has 0 bridgehead atoms. The van der Waals surface area contributed by atoms with Crippen molar-refractivity contribution in [2.24, 2.45) is 23.5 Å². The first-order valence-corrected chi connectivity index (χ1v) is 8.62. The summed E-state index contributed by atoms with van der Waals surface area (Å²) in [6.45, 7) is 14.0. The molecule has 0 spiro atoms. The molecule has 1 aliphatic rings. The Hall–Kier alpha value is -0.610. The second-order valence-electron chi connectivity index (χ2n) is 7.38. The quantitative estimate of drug-likeness (QED) is 0.747. The van der Waals surface area contributed by atoms with Gasteiger partial charge in [-0.05, 0) is 56.7 Å². The molecular formula is C17H35N3O. The minimum absolute atomic E-state index is 0.301. The molecule has 0 atom stereocenters. The van der Waals surface area contributed by atoms with Crippen LogP contribution in [0.3, 0.4) is 0 Å². The number of carbonyl (C=O) groups excluding carboxylic acids is 1. The zero-order valence-electron chi connectivity index (χ0n) is 14.5. The molecule has 0 aromatic heterocycles. The van der Waals surface area contributed by atoms with Crippen molar-refractivity contribution in [2.45, 2.75) is 47.0 Å². The second kappa shape index (κ2) is 9.42. The van der Waals surface area contributed by atoms with Crippen molar-refractivity contribution in [3.63, 3.8) is 0 Å². The summed E-state index contributed by atoms with van der Waals surface area (Å²) < 4.78 is 0. The van der Waals surface area contributed by atoms with Crippen LogP contribution in [0.2, 0.25) is 0 Å². The normalized spacial score (nSPS) is 17.7. The van der Waals surface area contributed by atoms with Crippen LogP contribution in [0.15, 0.2) is 0 Å². The molecule has 0 aromatic rings. The predicted octanol–water partition coefficient (Wildman–Crippen LogP) is 2.19. The van der Waals surface area contributed by atoms with E-state index in [1.165, 1.54) is 12.8 Å². The fourth-order valence-corrected chi connectivity index (χ4v) is 3.12. The summed E-state index contributed by atoms with van der Waals surface area (Å²) in [6, 6.07) is 0. The molecule has 0 saturated carbocycles. The van der Waals surface area contributed by atoms with Gasteiger partial charge in [0.15, 0.2) is 0 Å². The highest BCUT2D eigenvalue weighted by molar-refractivity contribution is 5.78. The third kappa shape index (κ3) is 7.28. The van der Waals surface area contributed by atoms with Crippen LogP contribution in [0.4, 0.5) is 0 Å². The lowest BCUT2D eigenvalue weighted by Crippen LogP contribution is -2.45. The number of hydrogen-bond donors (Lipinski definition) is 1. The van der Waals surface area contributed by atoms with Crippen molar-refractivity contribution >= 4 is 5.91 Å². The van der Waals surface area contributed by atoms with E-state index in [-0.39, 0.29) is 0 Å². The van der Waals surface area contributed by atoms with Crippen molar-refractivity contribution in [1.29, 1.82) is 0 Å². The Morgan fingerprint density at radius 3 is 2.10 bits per heavy atom. The van der Waals surface area contributed by atoms with Gasteiger partial charge in [0.1, 0.15) is 0 Å². The van der Waals surface area contributed by atoms with Crippen molar-refractivity contribution in [3.05, 3.63) is 0 Å². The molecule has 4 nitrogen and oxygen atoms in total. The first-order chi connectivity index (χ1) is 9.92. The molecule has 2 N–H and O–H groups in total. The number of amides is 1. The van der Waals surface area contributed by atoms with E-state index in [2.05, 4.69) is 37.5 Å². The molecule has 124 valence electrons. The van der Waals surface area contributed by atoms with Gasteiger partial charge < -0.3 is 10.6 Å². The van der Waals surface area contributed by atoms with Crippen molar-refractivity contribution in [2.75, 3.05) is 39.3 Å². The highest BCUT2D eigenvalue weighted by atomic mass is 16.2. The van der Waals surface area contributed by atoms with E-state index in [1.807, 2.05) is 0 Å². The van der Waals surface area contributed by atoms with E-state index < -0.39 is 0 Å². The van der Waals surface area contributed by atoms with Crippen LogP contribution >= 0.6 is 0 Å². The maximum atomic E-state index is 12.6. The van der Waals surface area contributed by atoms with Crippen LogP contribution in [0.1, 0.15) is 47.0 Å². The lowest BCUT2D eigenvalue weighted by Gasteiger charge is -2.34. The van der Waals surface area contributed by atoms with Gasteiger partial charge in [-0.1, -0.05) is 27.7 Å². The second-order valence-corrected chi connectivity index (χ2v) is 7.38. The zero-order valence-corrected chi connectivity index (χ0v) is 14.5. The molecule has 1 fully saturated rings. The average Bonchev–Trinajstić information content (AvgIpc) is 2.39. The van der Waals surface area contributed by atoms with Crippen LogP contribution in [-0.4, -0.2) is 55.0 Å². The van der Waals surface area contributed by atoms with Crippen LogP contribution < -0.4 is 5.73 Å². The van der Waals surface area contributed by atoms with E-state index in [9.17, 15) is 4.79 Å². The minimum Gasteiger partial charge on any atom is -0.341 e. The molecular weight excluding hydrogens is 262 g/mol. The molecule has 0 radical (unpaired) electrons. The van der Waals surface area contributed by atoms with E-state index in [4.69, 9.17) is 5.73 Å². The summed E-state index contributed by atoms with van der Waals surface area (Å²) in [5.41, 5.74) is 5.63. The average molecular weight is 297 g/mol. The first-order valence-electron chi connectivity index (χ1n) is 8.62. The molecule has 0 unspecified atom stereocenters. The van der Waals surface area contributed by atoms with E-state index >= 15 is 0 Å². The van der Waals surface area contributed by atoms with Crippen LogP contribution in [0.5, 0.6) is 0 Å². The number of likely N-dealkylation sites (tertiary alicyclic amines) is 1. The molecule has 21 heavy (non-hydrogen) atoms. The summed E-state index contributed by atoms with van der Waals surface area (Å²) in [4.78, 5) is 16.9. The fraction of sp³-hybridized carbons (Fsp3) is 0.941. The van der Waals surface area contributed by atoms with Crippen LogP contribution in [-0.2, 0) is 4.79 Å². The van der Waals surface area contributed by atoms with Crippen molar-refractivity contribution in [1.82, 2.24) is 9.80 Å². The molecule has 1 heterocycles. The predicted molar refractivity (Wildman–Crippen MR) is 89.1 cm³/mol. The lowest BCUT2D eigenvalue weighted by molar-refractivity contribution is -0.133. The van der Waals surface area contributed by atoms with Gasteiger partial charge in [0.05, 0.1) is 6.54 Å². The van der Waals surface area contributed by atoms with E-state index in [0.717, 1.165) is 45.1 Å². The fourth-order valence-electron chi connectivity index (χ4n) is 3.12. The Morgan fingerprint density at radius 2 is 1.67 bits per heavy atom. The summed E-state index contributed by atoms with van der Waals surface area (Å²) >= 11 is 0. The highest BCUT2D eigenvalue weighted by Gasteiger charge is 2.23. The standard InChI is InChI=1S/C17H35N3O/c1-14(2)11-20(12-15(3)4)17(21)13-19-9-6-16(5-8-18)7-10-19/h14-16H,5-13,18H2,1-4H3. The summed E-state index contributed by atoms with van der Waals surface area (Å²) in [5.74, 6) is 2.13. The molecule has 1 amide bonds. The largest absolute Gasteiger partial charge is 0.341 e. The first kappa shape index (κ1) is 18.4. The summed E-state index contributed by atoms with van der Waals surface area (Å²) in [5, 5.41) is 0. The van der Waals surface area contributed by atoms with Gasteiger partial charge in [0, 0.05) is 13.1 Å². The third-order valence-electron chi connectivity index (χ3n) is 4.16. The van der Waals surface area contributed by atoms with Crippen LogP contribution in [0, 0.1) is 17.8 Å². The van der Waals surface area contributed by atoms with Crippen molar-refractivity contribution in [3.8, 4) is 0 Å². The van der Waals surface area contributed by atoms with Crippen molar-refractivity contribution < 1.29 is 4.79 Å². The number of carbonyl (C=O) groups is 1. The van der Waals surface area contributed by atoms with Crippen LogP contribution in [0.25, 0.3) is 0 Å². The lowest BCUT2D eigenvalue weighted by atomic mass is 9.93. The SMILES string of the molecule is CC(C)CN(CC(C)C)C(=O)CN1CCC(CCN)CC1. The highest BCUT2D eigenvalue weighted by Crippen LogP contribution is 2.19. The molecule has 4 heteroatoms. The number of nitrogens with two attached hydrogens (primary N) is 1. The number of nitrogens with zero attached hydrogens (tertiary/aromatic N) is 2. The number of rotatable bonds is 8. The monoisotopic (exact) mass is 297 g/mol. The smallest absolute Gasteiger partial charge is 0.236 e. The van der Waals surface area contributed by atoms with Gasteiger partial charge in [-0.2, -0.15) is 0 Å². The Morgan fingerprint density at radius 1 is 1.14 bits per heavy atom. The van der Waals surface area contributed by atoms with Gasteiger partial charge >= 0.3 is 0 Å². The third-order valence-corrected chi connectivity index (χ3v) is 4.16. The van der Waals surface area contributed by atoms with Gasteiger partial charge in [-0.3, -0.25) is 9.69 Å². The molecule has 1 aliphatic heterocycles. The maximum absolute atomic E-state index is 12.6. The summed E-state index contributed by atoms with van der Waals surface area (Å²) in [6.07, 6.45) is 3.52. The van der Waals surface area contributed by atoms with Gasteiger partial charge in [-0.25, -0.2) is 0 Å². The summed E-state index contributed by atoms with van der Waals surface area (Å²) in [7, 11) is 0. The Bertz CT molecular complexity index is 286. The maximum Gasteiger partial charge on any atom is 0.236 e. The number of hydrogen-bond acceptors (Lipinski definition) is 3. The topological polar surface area (TPSA) is 49.6 Å². The van der Waals surface area contributed by atoms with Gasteiger partial charge in [0.25, 0.3) is 0 Å². The Labute approximate surface area is 131 Å². The molecule has 0 aromatic carbocycles. The zero-order chi connectivity index (χ0) is 15.8. The minimum atomic E-state index is 0.301. The Balaban J connectivity index is 2.42. The molecule has 0 aliphatic carbocycles. The number of piperidine rings is 1. The van der Waals surface area contributed by atoms with E-state index in [1.54, 1.807) is 0 Å². The van der Waals surface area contributed by atoms with Gasteiger partial charge in [-0.15, -0.1) is 0 Å². The van der Waals surface area contributed by atoms with E-state index in [0.29, 0.717) is 24.3 Å².